The third-order valence-electron chi connectivity index (χ3n) is 6.62. The maximum absolute atomic E-state index is 13.0. The Morgan fingerprint density at radius 2 is 1.73 bits per heavy atom. The number of hydrogen-bond donors (Lipinski definition) is 1. The Morgan fingerprint density at radius 3 is 2.36 bits per heavy atom. The summed E-state index contributed by atoms with van der Waals surface area (Å²) in [7, 11) is 1.59. The quantitative estimate of drug-likeness (QED) is 0.656. The van der Waals surface area contributed by atoms with Crippen LogP contribution in [0.5, 0.6) is 17.2 Å². The number of benzene rings is 2. The fourth-order valence-corrected chi connectivity index (χ4v) is 4.92. The fourth-order valence-electron chi connectivity index (χ4n) is 4.92. The molecule has 0 aromatic heterocycles. The van der Waals surface area contributed by atoms with Gasteiger partial charge < -0.3 is 24.2 Å². The average Bonchev–Trinajstić information content (AvgIpc) is 3.44. The number of aliphatic carboxylic acids is 1. The Kier molecular flexibility index (Phi) is 6.74. The first-order chi connectivity index (χ1) is 16.0. The molecule has 2 aliphatic rings. The number of fused-ring (bicyclic) bond motifs is 1. The van der Waals surface area contributed by atoms with Crippen LogP contribution >= 0.6 is 0 Å². The number of hydrogen-bond acceptors (Lipinski definition) is 6. The third-order valence-corrected chi connectivity index (χ3v) is 6.62. The molecule has 1 fully saturated rings. The maximum atomic E-state index is 13.0. The zero-order chi connectivity index (χ0) is 23.5. The summed E-state index contributed by atoms with van der Waals surface area (Å²) in [6, 6.07) is 12.6. The van der Waals surface area contributed by atoms with Crippen LogP contribution in [0.15, 0.2) is 42.5 Å². The Morgan fingerprint density at radius 1 is 1.06 bits per heavy atom. The molecular formula is C25H30N2O6. The number of likely N-dealkylation sites (tertiary alicyclic amines) is 1. The van der Waals surface area contributed by atoms with Gasteiger partial charge in [-0.25, -0.2) is 0 Å². The lowest BCUT2D eigenvalue weighted by atomic mass is 9.82. The van der Waals surface area contributed by atoms with Crippen molar-refractivity contribution < 1.29 is 28.9 Å². The molecule has 8 heteroatoms. The number of methoxy groups -OCH3 is 1. The van der Waals surface area contributed by atoms with Crippen molar-refractivity contribution in [1.82, 2.24) is 9.80 Å². The van der Waals surface area contributed by atoms with E-state index >= 15 is 0 Å². The number of rotatable bonds is 8. The number of carbonyl (C=O) groups is 2. The SMILES string of the molecule is CCN(CC)C(=O)CN1C[C@H](c2ccc3c(c2)OCO3)[C@H](C(=O)O)[C@H]1c1ccc(OC)cc1. The largest absolute Gasteiger partial charge is 0.497 e. The molecule has 0 radical (unpaired) electrons. The summed E-state index contributed by atoms with van der Waals surface area (Å²) in [6.45, 7) is 5.88. The lowest BCUT2D eigenvalue weighted by molar-refractivity contribution is -0.143. The number of likely N-dealkylation sites (N-methyl/N-ethyl adjacent to an activating group) is 1. The molecule has 0 aliphatic carbocycles. The van der Waals surface area contributed by atoms with Crippen LogP contribution in [0.2, 0.25) is 0 Å². The Hall–Kier alpha value is -3.26. The first kappa shape index (κ1) is 22.9. The minimum atomic E-state index is -0.892. The number of carboxylic acid groups (broad SMARTS) is 1. The van der Waals surface area contributed by atoms with Crippen molar-refractivity contribution in [3.05, 3.63) is 53.6 Å². The van der Waals surface area contributed by atoms with Crippen molar-refractivity contribution in [3.8, 4) is 17.2 Å². The smallest absolute Gasteiger partial charge is 0.309 e. The zero-order valence-electron chi connectivity index (χ0n) is 19.2. The molecule has 1 amide bonds. The predicted octanol–water partition coefficient (Wildman–Crippen LogP) is 3.13. The van der Waals surface area contributed by atoms with E-state index in [9.17, 15) is 14.7 Å². The molecule has 0 bridgehead atoms. The van der Waals surface area contributed by atoms with Crippen LogP contribution in [0.4, 0.5) is 0 Å². The summed E-state index contributed by atoms with van der Waals surface area (Å²) in [5.74, 6) is 0.0306. The monoisotopic (exact) mass is 454 g/mol. The fraction of sp³-hybridized carbons (Fsp3) is 0.440. The topological polar surface area (TPSA) is 88.5 Å². The third kappa shape index (κ3) is 4.48. The van der Waals surface area contributed by atoms with Gasteiger partial charge in [0.15, 0.2) is 11.5 Å². The first-order valence-electron chi connectivity index (χ1n) is 11.2. The molecule has 8 nitrogen and oxygen atoms in total. The van der Waals surface area contributed by atoms with Crippen molar-refractivity contribution in [1.29, 1.82) is 0 Å². The van der Waals surface area contributed by atoms with Crippen LogP contribution in [0.3, 0.4) is 0 Å². The Labute approximate surface area is 193 Å². The van der Waals surface area contributed by atoms with E-state index in [-0.39, 0.29) is 25.2 Å². The lowest BCUT2D eigenvalue weighted by Gasteiger charge is -2.29. The maximum Gasteiger partial charge on any atom is 0.309 e. The molecule has 1 N–H and O–H groups in total. The van der Waals surface area contributed by atoms with Crippen LogP contribution in [0.1, 0.15) is 36.9 Å². The molecular weight excluding hydrogens is 424 g/mol. The highest BCUT2D eigenvalue weighted by Gasteiger charge is 2.48. The minimum Gasteiger partial charge on any atom is -0.497 e. The van der Waals surface area contributed by atoms with E-state index in [1.807, 2.05) is 61.2 Å². The van der Waals surface area contributed by atoms with Gasteiger partial charge in [0.25, 0.3) is 0 Å². The molecule has 2 aromatic rings. The highest BCUT2D eigenvalue weighted by molar-refractivity contribution is 5.79. The van der Waals surface area contributed by atoms with Crippen LogP contribution in [0.25, 0.3) is 0 Å². The van der Waals surface area contributed by atoms with Crippen LogP contribution in [-0.4, -0.2) is 66.9 Å². The first-order valence-corrected chi connectivity index (χ1v) is 11.2. The number of carbonyl (C=O) groups excluding carboxylic acids is 1. The summed E-state index contributed by atoms with van der Waals surface area (Å²) in [5.41, 5.74) is 1.71. The molecule has 2 aromatic carbocycles. The van der Waals surface area contributed by atoms with Gasteiger partial charge >= 0.3 is 5.97 Å². The molecule has 0 unspecified atom stereocenters. The highest BCUT2D eigenvalue weighted by Crippen LogP contribution is 2.47. The number of nitrogens with zero attached hydrogens (tertiary/aromatic N) is 2. The molecule has 0 spiro atoms. The molecule has 0 saturated carbocycles. The summed E-state index contributed by atoms with van der Waals surface area (Å²) >= 11 is 0. The van der Waals surface area contributed by atoms with E-state index < -0.39 is 17.9 Å². The van der Waals surface area contributed by atoms with E-state index in [1.54, 1.807) is 12.0 Å². The van der Waals surface area contributed by atoms with Gasteiger partial charge in [0.1, 0.15) is 5.75 Å². The van der Waals surface area contributed by atoms with E-state index in [2.05, 4.69) is 0 Å². The highest BCUT2D eigenvalue weighted by atomic mass is 16.7. The van der Waals surface area contributed by atoms with E-state index in [0.29, 0.717) is 36.9 Å². The van der Waals surface area contributed by atoms with Gasteiger partial charge in [0.05, 0.1) is 19.6 Å². The minimum absolute atomic E-state index is 0.00557. The summed E-state index contributed by atoms with van der Waals surface area (Å²) in [4.78, 5) is 29.4. The number of amides is 1. The molecule has 33 heavy (non-hydrogen) atoms. The van der Waals surface area contributed by atoms with E-state index in [1.165, 1.54) is 0 Å². The predicted molar refractivity (Wildman–Crippen MR) is 122 cm³/mol. The molecule has 2 aliphatic heterocycles. The van der Waals surface area contributed by atoms with Crippen molar-refractivity contribution in [3.63, 3.8) is 0 Å². The van der Waals surface area contributed by atoms with Gasteiger partial charge in [-0.1, -0.05) is 18.2 Å². The molecule has 3 atom stereocenters. The summed E-state index contributed by atoms with van der Waals surface area (Å²) < 4.78 is 16.2. The van der Waals surface area contributed by atoms with Crippen LogP contribution < -0.4 is 14.2 Å². The van der Waals surface area contributed by atoms with Crippen molar-refractivity contribution in [2.45, 2.75) is 25.8 Å². The van der Waals surface area contributed by atoms with Crippen LogP contribution in [-0.2, 0) is 9.59 Å². The molecule has 1 saturated heterocycles. The van der Waals surface area contributed by atoms with Crippen molar-refractivity contribution in [2.75, 3.05) is 40.1 Å². The van der Waals surface area contributed by atoms with Crippen molar-refractivity contribution in [2.24, 2.45) is 5.92 Å². The number of ether oxygens (including phenoxy) is 3. The van der Waals surface area contributed by atoms with Gasteiger partial charge in [-0.2, -0.15) is 0 Å². The van der Waals surface area contributed by atoms with Gasteiger partial charge in [-0.05, 0) is 49.2 Å². The molecule has 4 rings (SSSR count). The second-order valence-electron chi connectivity index (χ2n) is 8.30. The molecule has 176 valence electrons. The van der Waals surface area contributed by atoms with Crippen molar-refractivity contribution >= 4 is 11.9 Å². The van der Waals surface area contributed by atoms with Gasteiger partial charge in [-0.15, -0.1) is 0 Å². The second kappa shape index (κ2) is 9.70. The average molecular weight is 455 g/mol. The van der Waals surface area contributed by atoms with Gasteiger partial charge in [0, 0.05) is 31.6 Å². The Bertz CT molecular complexity index is 1000. The van der Waals surface area contributed by atoms with Crippen LogP contribution in [0, 0.1) is 5.92 Å². The van der Waals surface area contributed by atoms with E-state index in [4.69, 9.17) is 14.2 Å². The number of carboxylic acids is 1. The molecule has 2 heterocycles. The Balaban J connectivity index is 1.72. The normalized spacial score (nSPS) is 21.7. The lowest BCUT2D eigenvalue weighted by Crippen LogP contribution is -2.40. The van der Waals surface area contributed by atoms with Gasteiger partial charge in [-0.3, -0.25) is 14.5 Å². The van der Waals surface area contributed by atoms with E-state index in [0.717, 1.165) is 11.1 Å². The van der Waals surface area contributed by atoms with Gasteiger partial charge in [0.2, 0.25) is 12.7 Å². The summed E-state index contributed by atoms with van der Waals surface area (Å²) in [6.07, 6.45) is 0. The zero-order valence-corrected chi connectivity index (χ0v) is 19.2. The second-order valence-corrected chi connectivity index (χ2v) is 8.30. The standard InChI is InChI=1S/C25H30N2O6/c1-4-26(5-2)22(28)14-27-13-19(17-8-11-20-21(12-17)33-15-32-20)23(25(29)30)24(27)16-6-9-18(31-3)10-7-16/h6-12,19,23-24H,4-5,13-15H2,1-3H3,(H,29,30)/t19-,23+,24-/m1/s1. The summed E-state index contributed by atoms with van der Waals surface area (Å²) in [5, 5.41) is 10.3.